The highest BCUT2D eigenvalue weighted by Gasteiger charge is 2.09. The Morgan fingerprint density at radius 3 is 2.56 bits per heavy atom. The third kappa shape index (κ3) is 5.29. The third-order valence-corrected chi connectivity index (χ3v) is 5.55. The summed E-state index contributed by atoms with van der Waals surface area (Å²) in [6.45, 7) is 2.33. The van der Waals surface area contributed by atoms with E-state index in [2.05, 4.69) is 20.6 Å². The van der Waals surface area contributed by atoms with Crippen LogP contribution in [-0.2, 0) is 17.8 Å². The van der Waals surface area contributed by atoms with Gasteiger partial charge in [0.2, 0.25) is 5.91 Å². The molecule has 0 aliphatic carbocycles. The number of rotatable bonds is 8. The van der Waals surface area contributed by atoms with Crippen LogP contribution >= 0.6 is 0 Å². The van der Waals surface area contributed by atoms with Crippen LogP contribution in [0.15, 0.2) is 67.0 Å². The number of benzene rings is 2. The summed E-state index contributed by atoms with van der Waals surface area (Å²) in [5.41, 5.74) is 11.6. The van der Waals surface area contributed by atoms with E-state index in [-0.39, 0.29) is 17.6 Å². The van der Waals surface area contributed by atoms with E-state index in [1.54, 1.807) is 24.5 Å². The largest absolute Gasteiger partial charge is 0.384 e. The first-order chi connectivity index (χ1) is 16.4. The van der Waals surface area contributed by atoms with E-state index in [4.69, 9.17) is 11.1 Å². The predicted molar refractivity (Wildman–Crippen MR) is 133 cm³/mol. The maximum Gasteiger partial charge on any atom is 0.251 e. The van der Waals surface area contributed by atoms with E-state index >= 15 is 0 Å². The second-order valence-electron chi connectivity index (χ2n) is 8.02. The summed E-state index contributed by atoms with van der Waals surface area (Å²) in [5.74, 6) is -0.218. The van der Waals surface area contributed by atoms with Gasteiger partial charge in [-0.2, -0.15) is 0 Å². The van der Waals surface area contributed by atoms with Crippen molar-refractivity contribution in [1.82, 2.24) is 20.6 Å². The number of carbonyl (C=O) groups excluding carboxylic acids is 2. The molecule has 0 spiro atoms. The number of fused-ring (bicyclic) bond motifs is 1. The van der Waals surface area contributed by atoms with Gasteiger partial charge in [0.15, 0.2) is 0 Å². The quantitative estimate of drug-likeness (QED) is 0.206. The van der Waals surface area contributed by atoms with Gasteiger partial charge in [0, 0.05) is 47.9 Å². The molecule has 0 radical (unpaired) electrons. The lowest BCUT2D eigenvalue weighted by Gasteiger charge is -2.08. The lowest BCUT2D eigenvalue weighted by Crippen LogP contribution is -2.25. The van der Waals surface area contributed by atoms with Gasteiger partial charge in [0.1, 0.15) is 5.84 Å². The molecule has 2 heterocycles. The SMILES string of the molecule is CC(=O)NCc1cc(-c2ccc(C(=O)NCCc3ccc4[nH]cc(C(=N)N)c4c3)cc2)ccn1. The monoisotopic (exact) mass is 454 g/mol. The van der Waals surface area contributed by atoms with E-state index in [1.165, 1.54) is 6.92 Å². The first-order valence-electron chi connectivity index (χ1n) is 10.9. The fourth-order valence-electron chi connectivity index (χ4n) is 3.75. The van der Waals surface area contributed by atoms with Crippen LogP contribution < -0.4 is 16.4 Å². The number of nitrogen functional groups attached to an aromatic ring is 1. The molecule has 172 valence electrons. The van der Waals surface area contributed by atoms with Crippen molar-refractivity contribution in [2.24, 2.45) is 5.73 Å². The Bertz CT molecular complexity index is 1360. The summed E-state index contributed by atoms with van der Waals surface area (Å²) in [4.78, 5) is 31.1. The number of aromatic nitrogens is 2. The van der Waals surface area contributed by atoms with Crippen molar-refractivity contribution in [3.63, 3.8) is 0 Å². The van der Waals surface area contributed by atoms with Gasteiger partial charge in [-0.05, 0) is 59.5 Å². The zero-order valence-electron chi connectivity index (χ0n) is 18.8. The Kier molecular flexibility index (Phi) is 6.68. The van der Waals surface area contributed by atoms with Crippen molar-refractivity contribution < 1.29 is 9.59 Å². The van der Waals surface area contributed by atoms with E-state index in [0.717, 1.165) is 33.3 Å². The average Bonchev–Trinajstić information content (AvgIpc) is 3.27. The Morgan fingerprint density at radius 1 is 1.03 bits per heavy atom. The molecule has 4 rings (SSSR count). The van der Waals surface area contributed by atoms with Crippen LogP contribution in [0.25, 0.3) is 22.0 Å². The van der Waals surface area contributed by atoms with Gasteiger partial charge in [-0.1, -0.05) is 18.2 Å². The van der Waals surface area contributed by atoms with Crippen molar-refractivity contribution >= 4 is 28.6 Å². The first kappa shape index (κ1) is 22.7. The highest BCUT2D eigenvalue weighted by molar-refractivity contribution is 6.07. The molecule has 8 nitrogen and oxygen atoms in total. The first-order valence-corrected chi connectivity index (χ1v) is 10.9. The summed E-state index contributed by atoms with van der Waals surface area (Å²) in [5, 5.41) is 14.3. The van der Waals surface area contributed by atoms with Gasteiger partial charge >= 0.3 is 0 Å². The number of hydrogen-bond donors (Lipinski definition) is 5. The summed E-state index contributed by atoms with van der Waals surface area (Å²) in [6.07, 6.45) is 4.10. The zero-order valence-corrected chi connectivity index (χ0v) is 18.8. The minimum absolute atomic E-state index is 0.0240. The summed E-state index contributed by atoms with van der Waals surface area (Å²) < 4.78 is 0. The summed E-state index contributed by atoms with van der Waals surface area (Å²) in [7, 11) is 0. The van der Waals surface area contributed by atoms with Gasteiger partial charge in [-0.15, -0.1) is 0 Å². The number of carbonyl (C=O) groups is 2. The van der Waals surface area contributed by atoms with E-state index in [0.29, 0.717) is 30.6 Å². The van der Waals surface area contributed by atoms with Crippen LogP contribution in [0.5, 0.6) is 0 Å². The Balaban J connectivity index is 1.36. The maximum atomic E-state index is 12.6. The Hall–Kier alpha value is -4.46. The minimum atomic E-state index is -0.139. The Labute approximate surface area is 197 Å². The molecule has 0 bridgehead atoms. The predicted octanol–water partition coefficient (Wildman–Crippen LogP) is 3.12. The minimum Gasteiger partial charge on any atom is -0.384 e. The molecule has 6 N–H and O–H groups in total. The second-order valence-corrected chi connectivity index (χ2v) is 8.02. The standard InChI is InChI=1S/C26H26N6O2/c1-16(33)31-14-21-13-20(9-11-29-21)18-3-5-19(6-4-18)26(34)30-10-8-17-2-7-24-22(12-17)23(15-32-24)25(27)28/h2-7,9,11-13,15,32H,8,10,14H2,1H3,(H3,27,28)(H,30,34)(H,31,33). The van der Waals surface area contributed by atoms with Gasteiger partial charge in [-0.25, -0.2) is 0 Å². The number of amidine groups is 1. The number of aromatic amines is 1. The molecule has 2 aromatic carbocycles. The number of hydrogen-bond acceptors (Lipinski definition) is 4. The lowest BCUT2D eigenvalue weighted by molar-refractivity contribution is -0.119. The van der Waals surface area contributed by atoms with Gasteiger partial charge in [0.25, 0.3) is 5.91 Å². The van der Waals surface area contributed by atoms with Crippen LogP contribution in [0.3, 0.4) is 0 Å². The molecule has 2 aromatic heterocycles. The molecule has 4 aromatic rings. The van der Waals surface area contributed by atoms with Crippen molar-refractivity contribution in [3.8, 4) is 11.1 Å². The normalized spacial score (nSPS) is 10.7. The van der Waals surface area contributed by atoms with E-state index in [1.807, 2.05) is 42.5 Å². The van der Waals surface area contributed by atoms with Crippen LogP contribution in [0.2, 0.25) is 0 Å². The fraction of sp³-hybridized carbons (Fsp3) is 0.154. The van der Waals surface area contributed by atoms with Crippen molar-refractivity contribution in [2.45, 2.75) is 19.9 Å². The van der Waals surface area contributed by atoms with E-state index < -0.39 is 0 Å². The average molecular weight is 455 g/mol. The highest BCUT2D eigenvalue weighted by atomic mass is 16.2. The number of amides is 2. The molecule has 0 aliphatic heterocycles. The second kappa shape index (κ2) is 9.99. The lowest BCUT2D eigenvalue weighted by atomic mass is 10.0. The molecule has 34 heavy (non-hydrogen) atoms. The molecule has 0 saturated carbocycles. The molecule has 0 atom stereocenters. The van der Waals surface area contributed by atoms with Crippen molar-refractivity contribution in [1.29, 1.82) is 5.41 Å². The Morgan fingerprint density at radius 2 is 1.82 bits per heavy atom. The zero-order chi connectivity index (χ0) is 24.1. The van der Waals surface area contributed by atoms with Crippen LogP contribution in [0.4, 0.5) is 0 Å². The van der Waals surface area contributed by atoms with Crippen LogP contribution in [0.1, 0.15) is 34.1 Å². The maximum absolute atomic E-state index is 12.6. The summed E-state index contributed by atoms with van der Waals surface area (Å²) >= 11 is 0. The smallest absolute Gasteiger partial charge is 0.251 e. The fourth-order valence-corrected chi connectivity index (χ4v) is 3.75. The number of pyridine rings is 1. The van der Waals surface area contributed by atoms with Crippen LogP contribution in [0, 0.1) is 5.41 Å². The molecule has 0 fully saturated rings. The molecular formula is C26H26N6O2. The molecule has 2 amide bonds. The molecule has 8 heteroatoms. The van der Waals surface area contributed by atoms with Gasteiger partial charge < -0.3 is 21.4 Å². The molecule has 0 unspecified atom stereocenters. The van der Waals surface area contributed by atoms with Gasteiger partial charge in [-0.3, -0.25) is 20.0 Å². The van der Waals surface area contributed by atoms with E-state index in [9.17, 15) is 9.59 Å². The number of nitrogens with two attached hydrogens (primary N) is 1. The van der Waals surface area contributed by atoms with Crippen LogP contribution in [-0.4, -0.2) is 34.2 Å². The number of nitrogens with zero attached hydrogens (tertiary/aromatic N) is 1. The number of nitrogens with one attached hydrogen (secondary N) is 4. The van der Waals surface area contributed by atoms with Crippen molar-refractivity contribution in [3.05, 3.63) is 89.4 Å². The molecule has 0 aliphatic rings. The number of H-pyrrole nitrogens is 1. The molecule has 0 saturated heterocycles. The molecular weight excluding hydrogens is 428 g/mol. The summed E-state index contributed by atoms with van der Waals surface area (Å²) in [6, 6.07) is 17.2. The highest BCUT2D eigenvalue weighted by Crippen LogP contribution is 2.21. The van der Waals surface area contributed by atoms with Gasteiger partial charge in [0.05, 0.1) is 12.2 Å². The topological polar surface area (TPSA) is 137 Å². The van der Waals surface area contributed by atoms with Crippen molar-refractivity contribution in [2.75, 3.05) is 6.54 Å². The third-order valence-electron chi connectivity index (χ3n) is 5.55.